The van der Waals surface area contributed by atoms with Crippen LogP contribution in [0.1, 0.15) is 37.1 Å². The number of thiazole rings is 1. The van der Waals surface area contributed by atoms with Gasteiger partial charge >= 0.3 is 0 Å². The van der Waals surface area contributed by atoms with Gasteiger partial charge in [0.1, 0.15) is 0 Å². The molecule has 4 nitrogen and oxygen atoms in total. The smallest absolute Gasteiger partial charge is 0.154 e. The van der Waals surface area contributed by atoms with Crippen molar-refractivity contribution in [3.63, 3.8) is 0 Å². The second kappa shape index (κ2) is 6.54. The molecule has 114 valence electrons. The van der Waals surface area contributed by atoms with E-state index in [1.54, 1.807) is 11.3 Å². The van der Waals surface area contributed by atoms with Gasteiger partial charge in [-0.05, 0) is 25.8 Å². The zero-order chi connectivity index (χ0) is 14.8. The van der Waals surface area contributed by atoms with E-state index >= 15 is 0 Å². The Morgan fingerprint density at radius 3 is 2.90 bits per heavy atom. The van der Waals surface area contributed by atoms with Crippen LogP contribution in [0, 0.1) is 5.92 Å². The molecular weight excluding hydrogens is 292 g/mol. The average molecular weight is 316 g/mol. The second-order valence-electron chi connectivity index (χ2n) is 6.06. The molecule has 20 heavy (non-hydrogen) atoms. The van der Waals surface area contributed by atoms with E-state index < -0.39 is 9.84 Å². The summed E-state index contributed by atoms with van der Waals surface area (Å²) in [6, 6.07) is 0. The number of hydrogen-bond acceptors (Lipinski definition) is 5. The number of aromatic nitrogens is 1. The Bertz CT molecular complexity index is 537. The molecule has 0 aliphatic carbocycles. The van der Waals surface area contributed by atoms with Gasteiger partial charge in [0, 0.05) is 30.6 Å². The highest BCUT2D eigenvalue weighted by molar-refractivity contribution is 7.92. The van der Waals surface area contributed by atoms with Gasteiger partial charge in [-0.15, -0.1) is 11.3 Å². The maximum Gasteiger partial charge on any atom is 0.154 e. The molecule has 1 aromatic rings. The van der Waals surface area contributed by atoms with Crippen LogP contribution in [-0.4, -0.2) is 42.4 Å². The van der Waals surface area contributed by atoms with Crippen LogP contribution in [0.15, 0.2) is 6.20 Å². The van der Waals surface area contributed by atoms with Gasteiger partial charge in [-0.1, -0.05) is 13.8 Å². The van der Waals surface area contributed by atoms with Crippen molar-refractivity contribution in [1.29, 1.82) is 0 Å². The molecule has 0 bridgehead atoms. The molecule has 2 heterocycles. The van der Waals surface area contributed by atoms with Crippen LogP contribution in [0.4, 0.5) is 0 Å². The Morgan fingerprint density at radius 1 is 1.45 bits per heavy atom. The van der Waals surface area contributed by atoms with E-state index in [1.807, 2.05) is 13.1 Å². The summed E-state index contributed by atoms with van der Waals surface area (Å²) in [5, 5.41) is 0.983. The van der Waals surface area contributed by atoms with E-state index in [2.05, 4.69) is 23.7 Å². The normalized spacial score (nSPS) is 23.9. The van der Waals surface area contributed by atoms with Gasteiger partial charge in [-0.2, -0.15) is 0 Å². The lowest BCUT2D eigenvalue weighted by atomic mass is 10.1. The van der Waals surface area contributed by atoms with Crippen LogP contribution >= 0.6 is 11.3 Å². The highest BCUT2D eigenvalue weighted by atomic mass is 32.2. The van der Waals surface area contributed by atoms with Crippen molar-refractivity contribution in [2.24, 2.45) is 5.92 Å². The SMILES string of the molecule is CC(C)Cc1ncc(CN2CCC(C)S(=O)(=O)CC2)s1. The minimum atomic E-state index is -2.89. The van der Waals surface area contributed by atoms with Gasteiger partial charge in [-0.25, -0.2) is 13.4 Å². The quantitative estimate of drug-likeness (QED) is 0.855. The van der Waals surface area contributed by atoms with Gasteiger partial charge in [0.15, 0.2) is 9.84 Å². The monoisotopic (exact) mass is 316 g/mol. The summed E-state index contributed by atoms with van der Waals surface area (Å²) in [4.78, 5) is 7.95. The third-order valence-electron chi connectivity index (χ3n) is 3.72. The standard InChI is InChI=1S/C14H24N2O2S2/c1-11(2)8-14-15-9-13(19-14)10-16-5-4-12(3)20(17,18)7-6-16/h9,11-12H,4-8,10H2,1-3H3. The summed E-state index contributed by atoms with van der Waals surface area (Å²) >= 11 is 1.76. The van der Waals surface area contributed by atoms with E-state index in [1.165, 1.54) is 9.88 Å². The molecule has 1 unspecified atom stereocenters. The van der Waals surface area contributed by atoms with Crippen LogP contribution in [0.3, 0.4) is 0 Å². The molecule has 0 radical (unpaired) electrons. The molecule has 0 spiro atoms. The van der Waals surface area contributed by atoms with Gasteiger partial charge in [-0.3, -0.25) is 4.90 Å². The van der Waals surface area contributed by atoms with Crippen molar-refractivity contribution in [2.45, 2.75) is 45.4 Å². The van der Waals surface area contributed by atoms with Crippen molar-refractivity contribution in [1.82, 2.24) is 9.88 Å². The van der Waals surface area contributed by atoms with Crippen molar-refractivity contribution < 1.29 is 8.42 Å². The third kappa shape index (κ3) is 4.27. The van der Waals surface area contributed by atoms with Crippen molar-refractivity contribution in [3.8, 4) is 0 Å². The molecule has 0 aromatic carbocycles. The molecule has 1 saturated heterocycles. The van der Waals surface area contributed by atoms with Crippen LogP contribution in [0.25, 0.3) is 0 Å². The zero-order valence-corrected chi connectivity index (χ0v) is 14.1. The number of sulfone groups is 1. The van der Waals surface area contributed by atoms with E-state index in [9.17, 15) is 8.42 Å². The first-order valence-electron chi connectivity index (χ1n) is 7.24. The molecule has 1 aliphatic heterocycles. The summed E-state index contributed by atoms with van der Waals surface area (Å²) in [5.74, 6) is 0.907. The number of nitrogens with zero attached hydrogens (tertiary/aromatic N) is 2. The Kier molecular flexibility index (Phi) is 5.20. The minimum absolute atomic E-state index is 0.203. The topological polar surface area (TPSA) is 50.3 Å². The van der Waals surface area contributed by atoms with Gasteiger partial charge in [0.2, 0.25) is 0 Å². The highest BCUT2D eigenvalue weighted by Gasteiger charge is 2.26. The maximum atomic E-state index is 11.9. The first-order valence-corrected chi connectivity index (χ1v) is 9.77. The zero-order valence-electron chi connectivity index (χ0n) is 12.5. The largest absolute Gasteiger partial charge is 0.297 e. The van der Waals surface area contributed by atoms with Crippen LogP contribution in [-0.2, 0) is 22.8 Å². The molecule has 1 fully saturated rings. The molecule has 1 atom stereocenters. The summed E-state index contributed by atoms with van der Waals surface area (Å²) in [5.41, 5.74) is 0. The first-order chi connectivity index (χ1) is 9.37. The van der Waals surface area contributed by atoms with E-state index in [0.717, 1.165) is 25.9 Å². The molecule has 6 heteroatoms. The summed E-state index contributed by atoms with van der Waals surface area (Å²) in [7, 11) is -2.89. The fourth-order valence-corrected chi connectivity index (χ4v) is 4.91. The first kappa shape index (κ1) is 15.9. The molecule has 1 aliphatic rings. The summed E-state index contributed by atoms with van der Waals surface area (Å²) < 4.78 is 23.8. The Balaban J connectivity index is 1.95. The van der Waals surface area contributed by atoms with Crippen LogP contribution in [0.5, 0.6) is 0 Å². The van der Waals surface area contributed by atoms with Gasteiger partial charge < -0.3 is 0 Å². The molecule has 0 N–H and O–H groups in total. The molecule has 0 amide bonds. The lowest BCUT2D eigenvalue weighted by Gasteiger charge is -2.17. The fourth-order valence-electron chi connectivity index (χ4n) is 2.36. The van der Waals surface area contributed by atoms with E-state index in [4.69, 9.17) is 0 Å². The molecule has 1 aromatic heterocycles. The Hall–Kier alpha value is -0.460. The average Bonchev–Trinajstić information content (AvgIpc) is 2.73. The second-order valence-corrected chi connectivity index (χ2v) is 9.80. The van der Waals surface area contributed by atoms with Crippen molar-refractivity contribution in [2.75, 3.05) is 18.8 Å². The maximum absolute atomic E-state index is 11.9. The number of rotatable bonds is 4. The fraction of sp³-hybridized carbons (Fsp3) is 0.786. The highest BCUT2D eigenvalue weighted by Crippen LogP contribution is 2.20. The minimum Gasteiger partial charge on any atom is -0.297 e. The predicted molar refractivity (Wildman–Crippen MR) is 83.8 cm³/mol. The molecule has 2 rings (SSSR count). The van der Waals surface area contributed by atoms with E-state index in [-0.39, 0.29) is 11.0 Å². The lowest BCUT2D eigenvalue weighted by molar-refractivity contribution is 0.286. The molecule has 0 saturated carbocycles. The van der Waals surface area contributed by atoms with Crippen molar-refractivity contribution in [3.05, 3.63) is 16.1 Å². The van der Waals surface area contributed by atoms with Crippen molar-refractivity contribution >= 4 is 21.2 Å². The third-order valence-corrected chi connectivity index (χ3v) is 6.94. The number of hydrogen-bond donors (Lipinski definition) is 0. The lowest BCUT2D eigenvalue weighted by Crippen LogP contribution is -2.26. The summed E-state index contributed by atoms with van der Waals surface area (Å²) in [6.45, 7) is 8.55. The van der Waals surface area contributed by atoms with E-state index in [0.29, 0.717) is 12.5 Å². The summed E-state index contributed by atoms with van der Waals surface area (Å²) in [6.07, 6.45) is 3.71. The van der Waals surface area contributed by atoms with Gasteiger partial charge in [0.05, 0.1) is 16.0 Å². The molecular formula is C14H24N2O2S2. The van der Waals surface area contributed by atoms with Gasteiger partial charge in [0.25, 0.3) is 0 Å². The Labute approximate surface area is 126 Å². The Morgan fingerprint density at radius 2 is 2.20 bits per heavy atom. The predicted octanol–water partition coefficient (Wildman–Crippen LogP) is 2.35. The van der Waals surface area contributed by atoms with Crippen LogP contribution in [0.2, 0.25) is 0 Å². The van der Waals surface area contributed by atoms with Crippen LogP contribution < -0.4 is 0 Å².